The van der Waals surface area contributed by atoms with Crippen LogP contribution in [0.1, 0.15) is 62.3 Å². The summed E-state index contributed by atoms with van der Waals surface area (Å²) in [7, 11) is 0. The average molecular weight is 478 g/mol. The Balaban J connectivity index is 1.32. The molecule has 0 saturated carbocycles. The fraction of sp³-hybridized carbons (Fsp3) is 0.444. The van der Waals surface area contributed by atoms with E-state index in [1.807, 2.05) is 42.5 Å². The maximum absolute atomic E-state index is 13.4. The summed E-state index contributed by atoms with van der Waals surface area (Å²) in [5.41, 5.74) is 1.62. The molecule has 4 amide bonds. The van der Waals surface area contributed by atoms with Gasteiger partial charge in [-0.05, 0) is 54.5 Å². The summed E-state index contributed by atoms with van der Waals surface area (Å²) >= 11 is 0. The highest BCUT2D eigenvalue weighted by Gasteiger charge is 2.50. The molecule has 0 unspecified atom stereocenters. The van der Waals surface area contributed by atoms with Gasteiger partial charge in [-0.15, -0.1) is 0 Å². The third-order valence-electron chi connectivity index (χ3n) is 7.25. The molecule has 5 rings (SSSR count). The minimum atomic E-state index is -1.20. The van der Waals surface area contributed by atoms with Gasteiger partial charge in [0.05, 0.1) is 6.04 Å². The summed E-state index contributed by atoms with van der Waals surface area (Å²) in [5, 5.41) is 2.80. The number of benzene rings is 2. The number of amides is 4. The third-order valence-corrected chi connectivity index (χ3v) is 7.25. The molecule has 1 N–H and O–H groups in total. The number of nitrogens with one attached hydrogen (secondary N) is 1. The largest absolute Gasteiger partial charge is 0.486 e. The average Bonchev–Trinajstić information content (AvgIpc) is 3.43. The zero-order valence-corrected chi connectivity index (χ0v) is 20.4. The van der Waals surface area contributed by atoms with E-state index in [0.717, 1.165) is 28.9 Å². The number of carbonyl (C=O) groups is 3. The fourth-order valence-electron chi connectivity index (χ4n) is 5.14. The second-order valence-electron chi connectivity index (χ2n) is 9.87. The van der Waals surface area contributed by atoms with E-state index in [1.54, 1.807) is 11.8 Å². The molecule has 0 bridgehead atoms. The molecule has 3 aliphatic heterocycles. The Morgan fingerprint density at radius 1 is 1.09 bits per heavy atom. The van der Waals surface area contributed by atoms with Crippen LogP contribution in [0.5, 0.6) is 11.5 Å². The Kier molecular flexibility index (Phi) is 5.91. The number of nitrogens with zero attached hydrogens (tertiary/aromatic N) is 2. The van der Waals surface area contributed by atoms with Gasteiger partial charge < -0.3 is 19.7 Å². The van der Waals surface area contributed by atoms with Crippen LogP contribution in [0, 0.1) is 0 Å². The first-order chi connectivity index (χ1) is 16.8. The molecule has 0 spiro atoms. The van der Waals surface area contributed by atoms with E-state index in [1.165, 1.54) is 0 Å². The number of imide groups is 1. The topological polar surface area (TPSA) is 88.2 Å². The van der Waals surface area contributed by atoms with Crippen molar-refractivity contribution in [1.29, 1.82) is 0 Å². The van der Waals surface area contributed by atoms with Gasteiger partial charge in [0.2, 0.25) is 5.91 Å². The van der Waals surface area contributed by atoms with Crippen LogP contribution in [0.15, 0.2) is 42.5 Å². The van der Waals surface area contributed by atoms with Crippen molar-refractivity contribution in [2.24, 2.45) is 0 Å². The van der Waals surface area contributed by atoms with E-state index in [-0.39, 0.29) is 18.5 Å². The number of ether oxygens (including phenoxy) is 2. The van der Waals surface area contributed by atoms with Crippen LogP contribution in [0.3, 0.4) is 0 Å². The second kappa shape index (κ2) is 8.91. The van der Waals surface area contributed by atoms with Crippen LogP contribution in [0.25, 0.3) is 0 Å². The van der Waals surface area contributed by atoms with Gasteiger partial charge in [-0.2, -0.15) is 0 Å². The number of fused-ring (bicyclic) bond motifs is 1. The fourth-order valence-corrected chi connectivity index (χ4v) is 5.14. The van der Waals surface area contributed by atoms with Crippen LogP contribution in [-0.4, -0.2) is 53.9 Å². The van der Waals surface area contributed by atoms with Gasteiger partial charge in [-0.25, -0.2) is 4.79 Å². The van der Waals surface area contributed by atoms with Crippen molar-refractivity contribution in [3.05, 3.63) is 59.2 Å². The molecule has 8 heteroatoms. The van der Waals surface area contributed by atoms with Crippen molar-refractivity contribution in [1.82, 2.24) is 15.1 Å². The first-order valence-corrected chi connectivity index (χ1v) is 12.2. The Morgan fingerprint density at radius 3 is 2.51 bits per heavy atom. The minimum absolute atomic E-state index is 0.131. The summed E-state index contributed by atoms with van der Waals surface area (Å²) < 4.78 is 11.3. The molecule has 2 fully saturated rings. The summed E-state index contributed by atoms with van der Waals surface area (Å²) in [4.78, 5) is 42.3. The van der Waals surface area contributed by atoms with Gasteiger partial charge in [-0.3, -0.25) is 14.5 Å². The molecular weight excluding hydrogens is 446 g/mol. The number of hydrogen-bond acceptors (Lipinski definition) is 5. The van der Waals surface area contributed by atoms with Crippen LogP contribution >= 0.6 is 0 Å². The zero-order chi connectivity index (χ0) is 24.7. The predicted molar refractivity (Wildman–Crippen MR) is 129 cm³/mol. The molecule has 0 aromatic heterocycles. The molecule has 2 saturated heterocycles. The summed E-state index contributed by atoms with van der Waals surface area (Å²) in [6.45, 7) is 7.20. The normalized spacial score (nSPS) is 23.7. The van der Waals surface area contributed by atoms with Gasteiger partial charge in [0.25, 0.3) is 5.91 Å². The molecule has 2 atom stereocenters. The highest BCUT2D eigenvalue weighted by atomic mass is 16.6. The van der Waals surface area contributed by atoms with Crippen molar-refractivity contribution >= 4 is 17.8 Å². The SMILES string of the molecule is CC(C)c1ccc([C@@]2(C)NC(=O)N(CC(=O)N3CCC[C@@H]3c3ccc4c(c3)OCCO4)C2=O)cc1. The summed E-state index contributed by atoms with van der Waals surface area (Å²) in [6, 6.07) is 12.8. The maximum atomic E-state index is 13.4. The number of likely N-dealkylation sites (tertiary alicyclic amines) is 1. The second-order valence-corrected chi connectivity index (χ2v) is 9.87. The van der Waals surface area contributed by atoms with Gasteiger partial charge >= 0.3 is 6.03 Å². The summed E-state index contributed by atoms with van der Waals surface area (Å²) in [6.07, 6.45) is 1.66. The zero-order valence-electron chi connectivity index (χ0n) is 20.4. The highest BCUT2D eigenvalue weighted by Crippen LogP contribution is 2.38. The third kappa shape index (κ3) is 4.11. The van der Waals surface area contributed by atoms with Gasteiger partial charge in [0.1, 0.15) is 25.3 Å². The standard InChI is InChI=1S/C27H31N3O5/c1-17(2)18-6-9-20(10-7-18)27(3)25(32)30(26(33)28-27)16-24(31)29-12-4-5-21(29)19-8-11-22-23(15-19)35-14-13-34-22/h6-11,15,17,21H,4-5,12-14,16H2,1-3H3,(H,28,33)/t21-,27-/m1/s1. The van der Waals surface area contributed by atoms with Gasteiger partial charge in [0.15, 0.2) is 11.5 Å². The first-order valence-electron chi connectivity index (χ1n) is 12.2. The van der Waals surface area contributed by atoms with E-state index in [4.69, 9.17) is 9.47 Å². The first kappa shape index (κ1) is 23.2. The van der Waals surface area contributed by atoms with E-state index < -0.39 is 17.5 Å². The Morgan fingerprint density at radius 2 is 1.80 bits per heavy atom. The number of hydrogen-bond donors (Lipinski definition) is 1. The van der Waals surface area contributed by atoms with Gasteiger partial charge in [0, 0.05) is 6.54 Å². The molecule has 0 aliphatic carbocycles. The molecule has 3 aliphatic rings. The van der Waals surface area contributed by atoms with E-state index >= 15 is 0 Å². The van der Waals surface area contributed by atoms with Crippen LogP contribution < -0.4 is 14.8 Å². The lowest BCUT2D eigenvalue weighted by Gasteiger charge is -2.28. The number of urea groups is 1. The molecule has 35 heavy (non-hydrogen) atoms. The van der Waals surface area contributed by atoms with E-state index in [0.29, 0.717) is 42.7 Å². The molecule has 8 nitrogen and oxygen atoms in total. The molecule has 184 valence electrons. The summed E-state index contributed by atoms with van der Waals surface area (Å²) in [5.74, 6) is 1.09. The predicted octanol–water partition coefficient (Wildman–Crippen LogP) is 3.71. The van der Waals surface area contributed by atoms with Crippen LogP contribution in [-0.2, 0) is 15.1 Å². The maximum Gasteiger partial charge on any atom is 0.325 e. The molecule has 3 heterocycles. The van der Waals surface area contributed by atoms with Crippen molar-refractivity contribution in [3.8, 4) is 11.5 Å². The molecule has 2 aromatic rings. The van der Waals surface area contributed by atoms with E-state index in [2.05, 4.69) is 19.2 Å². The molecular formula is C27H31N3O5. The lowest BCUT2D eigenvalue weighted by Crippen LogP contribution is -2.44. The lowest BCUT2D eigenvalue weighted by molar-refractivity contribution is -0.139. The number of carbonyl (C=O) groups excluding carboxylic acids is 3. The molecule has 0 radical (unpaired) electrons. The van der Waals surface area contributed by atoms with Crippen molar-refractivity contribution in [3.63, 3.8) is 0 Å². The highest BCUT2D eigenvalue weighted by molar-refractivity contribution is 6.09. The quantitative estimate of drug-likeness (QED) is 0.664. The minimum Gasteiger partial charge on any atom is -0.486 e. The Hall–Kier alpha value is -3.55. The monoisotopic (exact) mass is 477 g/mol. The van der Waals surface area contributed by atoms with Crippen molar-refractivity contribution < 1.29 is 23.9 Å². The molecule has 2 aromatic carbocycles. The van der Waals surface area contributed by atoms with Crippen molar-refractivity contribution in [2.45, 2.75) is 51.1 Å². The lowest BCUT2D eigenvalue weighted by atomic mass is 9.90. The smallest absolute Gasteiger partial charge is 0.325 e. The van der Waals surface area contributed by atoms with Crippen LogP contribution in [0.2, 0.25) is 0 Å². The Labute approximate surface area is 205 Å². The van der Waals surface area contributed by atoms with Crippen LogP contribution in [0.4, 0.5) is 4.79 Å². The number of rotatable bonds is 5. The van der Waals surface area contributed by atoms with Gasteiger partial charge in [-0.1, -0.05) is 44.2 Å². The van der Waals surface area contributed by atoms with E-state index in [9.17, 15) is 14.4 Å². The Bertz CT molecular complexity index is 1160. The van der Waals surface area contributed by atoms with Crippen molar-refractivity contribution in [2.75, 3.05) is 26.3 Å².